The SMILES string of the molecule is COc1cc(C(=O)OC(C)OC(=O)O[C@@H]2[C@@H](O)[C@@H](O)O[C@H]2[C@H](O)CO)ccc1NC(=O)[C@@H]1N[C@@H](CC(C)(C)C)[C@](C#N)(c2ccc(Cl)cc2F)[C@H]1c1cccc(Cl)c1F. The first-order valence-electron chi connectivity index (χ1n) is 18.2. The minimum absolute atomic E-state index is 0.0349. The van der Waals surface area contributed by atoms with Crippen molar-refractivity contribution in [2.24, 2.45) is 5.41 Å². The van der Waals surface area contributed by atoms with E-state index in [1.807, 2.05) is 20.8 Å². The Balaban J connectivity index is 1.40. The van der Waals surface area contributed by atoms with E-state index in [4.69, 9.17) is 46.9 Å². The number of nitriles is 1. The number of halogens is 4. The Hall–Kier alpha value is -4.64. The van der Waals surface area contributed by atoms with Gasteiger partial charge >= 0.3 is 12.1 Å². The highest BCUT2D eigenvalue weighted by Gasteiger charge is 2.61. The minimum atomic E-state index is -1.88. The van der Waals surface area contributed by atoms with Gasteiger partial charge in [0.1, 0.15) is 41.1 Å². The van der Waals surface area contributed by atoms with Gasteiger partial charge in [0, 0.05) is 29.5 Å². The molecule has 1 amide bonds. The van der Waals surface area contributed by atoms with Gasteiger partial charge in [-0.3, -0.25) is 4.79 Å². The smallest absolute Gasteiger partial charge is 0.495 e. The Morgan fingerprint density at radius 3 is 2.42 bits per heavy atom. The molecular formula is C40H43Cl2F2N3O12. The number of carbonyl (C=O) groups is 3. The third-order valence-electron chi connectivity index (χ3n) is 10.0. The van der Waals surface area contributed by atoms with Crippen LogP contribution in [0.4, 0.5) is 19.3 Å². The Labute approximate surface area is 347 Å². The summed E-state index contributed by atoms with van der Waals surface area (Å²) < 4.78 is 57.5. The van der Waals surface area contributed by atoms with Crippen LogP contribution in [0.1, 0.15) is 61.5 Å². The molecule has 2 aliphatic heterocycles. The molecule has 2 fully saturated rings. The van der Waals surface area contributed by atoms with Gasteiger partial charge in [-0.15, -0.1) is 0 Å². The molecule has 6 N–H and O–H groups in total. The van der Waals surface area contributed by atoms with Crippen molar-refractivity contribution in [2.75, 3.05) is 19.0 Å². The van der Waals surface area contributed by atoms with Crippen LogP contribution >= 0.6 is 23.2 Å². The van der Waals surface area contributed by atoms with Gasteiger partial charge in [-0.2, -0.15) is 5.26 Å². The van der Waals surface area contributed by atoms with E-state index in [9.17, 15) is 40.1 Å². The monoisotopic (exact) mass is 865 g/mol. The molecule has 1 unspecified atom stereocenters. The maximum absolute atomic E-state index is 16.1. The third kappa shape index (κ3) is 9.56. The highest BCUT2D eigenvalue weighted by molar-refractivity contribution is 6.31. The summed E-state index contributed by atoms with van der Waals surface area (Å²) in [6.45, 7) is 6.03. The zero-order valence-electron chi connectivity index (χ0n) is 32.3. The largest absolute Gasteiger partial charge is 0.511 e. The number of methoxy groups -OCH3 is 1. The van der Waals surface area contributed by atoms with Gasteiger partial charge in [-0.05, 0) is 53.8 Å². The van der Waals surface area contributed by atoms with Gasteiger partial charge in [0.15, 0.2) is 12.4 Å². The van der Waals surface area contributed by atoms with E-state index in [-0.39, 0.29) is 44.6 Å². The molecule has 318 valence electrons. The highest BCUT2D eigenvalue weighted by Crippen LogP contribution is 2.53. The number of benzene rings is 3. The molecule has 15 nitrogen and oxygen atoms in total. The molecular weight excluding hydrogens is 823 g/mol. The van der Waals surface area contributed by atoms with Gasteiger partial charge in [0.25, 0.3) is 0 Å². The quantitative estimate of drug-likeness (QED) is 0.107. The Kier molecular flexibility index (Phi) is 14.1. The zero-order chi connectivity index (χ0) is 43.6. The first kappa shape index (κ1) is 45.4. The van der Waals surface area contributed by atoms with E-state index in [2.05, 4.69) is 16.7 Å². The summed E-state index contributed by atoms with van der Waals surface area (Å²) in [6.07, 6.45) is -11.2. The van der Waals surface area contributed by atoms with E-state index >= 15 is 8.78 Å². The predicted molar refractivity (Wildman–Crippen MR) is 205 cm³/mol. The number of esters is 1. The van der Waals surface area contributed by atoms with Gasteiger partial charge in [-0.1, -0.05) is 62.2 Å². The van der Waals surface area contributed by atoms with E-state index in [1.54, 1.807) is 0 Å². The summed E-state index contributed by atoms with van der Waals surface area (Å²) in [6, 6.07) is 11.7. The molecule has 0 radical (unpaired) electrons. The number of carbonyl (C=O) groups excluding carboxylic acids is 3. The third-order valence-corrected chi connectivity index (χ3v) is 10.5. The Bertz CT molecular complexity index is 2100. The van der Waals surface area contributed by atoms with Crippen molar-refractivity contribution < 1.29 is 67.3 Å². The molecule has 0 saturated carbocycles. The molecule has 2 aliphatic rings. The molecule has 5 rings (SSSR count). The Morgan fingerprint density at radius 2 is 1.80 bits per heavy atom. The van der Waals surface area contributed by atoms with Crippen LogP contribution in [0.5, 0.6) is 5.75 Å². The predicted octanol–water partition coefficient (Wildman–Crippen LogP) is 4.70. The number of nitrogens with zero attached hydrogens (tertiary/aromatic N) is 1. The molecule has 0 bridgehead atoms. The standard InChI is InChI=1S/C40H43Cl2F2N3O12/c1-18(57-38(54)59-34-32(50)37(53)58-33(34)26(49)16-48)56-36(52)19-9-12-25(27(13-19)55-5)46-35(51)31-29(21-7-6-8-23(42)30(21)44)40(17-45,28(47-31)15-39(2,3)4)22-11-10-20(41)14-24(22)43/h6-14,18,26,28-29,31-34,37,47-50,53H,15-16H2,1-5H3,(H,46,51)/t18?,26-,28+,29+,31-,32-,33+,34-,37+,40+/m1/s1. The average molecular weight is 867 g/mol. The van der Waals surface area contributed by atoms with E-state index in [0.29, 0.717) is 0 Å². The lowest BCUT2D eigenvalue weighted by Gasteiger charge is -2.37. The van der Waals surface area contributed by atoms with Crippen molar-refractivity contribution in [1.82, 2.24) is 5.32 Å². The van der Waals surface area contributed by atoms with Crippen molar-refractivity contribution in [3.63, 3.8) is 0 Å². The fourth-order valence-electron chi connectivity index (χ4n) is 7.43. The minimum Gasteiger partial charge on any atom is -0.495 e. The van der Waals surface area contributed by atoms with Crippen LogP contribution < -0.4 is 15.4 Å². The zero-order valence-corrected chi connectivity index (χ0v) is 33.8. The molecule has 0 aromatic heterocycles. The second-order valence-corrected chi connectivity index (χ2v) is 16.1. The van der Waals surface area contributed by atoms with Gasteiger partial charge in [-0.25, -0.2) is 18.4 Å². The fourth-order valence-corrected chi connectivity index (χ4v) is 7.77. The summed E-state index contributed by atoms with van der Waals surface area (Å²) in [5.41, 5.74) is -2.68. The van der Waals surface area contributed by atoms with Crippen LogP contribution in [-0.4, -0.2) is 101 Å². The number of ether oxygens (including phenoxy) is 5. The lowest BCUT2D eigenvalue weighted by Crippen LogP contribution is -2.45. The maximum Gasteiger partial charge on any atom is 0.511 e. The highest BCUT2D eigenvalue weighted by atomic mass is 35.5. The topological polar surface area (TPSA) is 226 Å². The molecule has 3 aromatic carbocycles. The van der Waals surface area contributed by atoms with Gasteiger partial charge in [0.2, 0.25) is 12.2 Å². The number of anilines is 1. The van der Waals surface area contributed by atoms with Crippen molar-refractivity contribution in [2.45, 2.75) is 94.5 Å². The average Bonchev–Trinajstić information content (AvgIpc) is 3.63. The van der Waals surface area contributed by atoms with Crippen molar-refractivity contribution >= 4 is 46.9 Å². The summed E-state index contributed by atoms with van der Waals surface area (Å²) >= 11 is 12.3. The molecule has 0 spiro atoms. The molecule has 0 aliphatic carbocycles. The summed E-state index contributed by atoms with van der Waals surface area (Å²) in [4.78, 5) is 40.0. The lowest BCUT2D eigenvalue weighted by atomic mass is 9.62. The van der Waals surface area contributed by atoms with Crippen LogP contribution in [0, 0.1) is 28.4 Å². The number of hydrogen-bond donors (Lipinski definition) is 6. The van der Waals surface area contributed by atoms with E-state index < -0.39 is 102 Å². The summed E-state index contributed by atoms with van der Waals surface area (Å²) in [5.74, 6) is -4.94. The number of aliphatic hydroxyl groups is 4. The van der Waals surface area contributed by atoms with Crippen molar-refractivity contribution in [1.29, 1.82) is 5.26 Å². The number of nitrogens with one attached hydrogen (secondary N) is 2. The van der Waals surface area contributed by atoms with Crippen LogP contribution in [0.3, 0.4) is 0 Å². The fraction of sp³-hybridized carbons (Fsp3) is 0.450. The molecule has 19 heteroatoms. The van der Waals surface area contributed by atoms with Gasteiger partial charge < -0.3 is 54.7 Å². The summed E-state index contributed by atoms with van der Waals surface area (Å²) in [5, 5.41) is 55.8. The molecule has 2 saturated heterocycles. The second-order valence-electron chi connectivity index (χ2n) is 15.2. The summed E-state index contributed by atoms with van der Waals surface area (Å²) in [7, 11) is 1.25. The number of rotatable bonds is 12. The van der Waals surface area contributed by atoms with E-state index in [0.717, 1.165) is 6.07 Å². The maximum atomic E-state index is 16.1. The van der Waals surface area contributed by atoms with E-state index in [1.165, 1.54) is 62.6 Å². The van der Waals surface area contributed by atoms with Crippen LogP contribution in [0.15, 0.2) is 54.6 Å². The first-order chi connectivity index (χ1) is 27.8. The molecule has 10 atom stereocenters. The van der Waals surface area contributed by atoms with Crippen molar-refractivity contribution in [3.8, 4) is 11.8 Å². The van der Waals surface area contributed by atoms with Crippen LogP contribution in [-0.2, 0) is 29.2 Å². The van der Waals surface area contributed by atoms with Crippen LogP contribution in [0.2, 0.25) is 10.0 Å². The van der Waals surface area contributed by atoms with Crippen LogP contribution in [0.25, 0.3) is 0 Å². The second kappa shape index (κ2) is 18.3. The lowest BCUT2D eigenvalue weighted by molar-refractivity contribution is -0.151. The number of amides is 1. The van der Waals surface area contributed by atoms with Crippen molar-refractivity contribution in [3.05, 3.63) is 93.0 Å². The normalized spacial score (nSPS) is 26.3. The van der Waals surface area contributed by atoms with Gasteiger partial charge in [0.05, 0.1) is 42.1 Å². The number of aliphatic hydroxyl groups excluding tert-OH is 4. The molecule has 3 aromatic rings. The first-order valence-corrected chi connectivity index (χ1v) is 19.0. The molecule has 59 heavy (non-hydrogen) atoms. The molecule has 2 heterocycles. The number of hydrogen-bond acceptors (Lipinski definition) is 14. The Morgan fingerprint density at radius 1 is 1.08 bits per heavy atom.